The molecule has 5 heteroatoms. The number of allylic oxidation sites excluding steroid dienone is 1. The molecule has 1 N–H and O–H groups in total. The van der Waals surface area contributed by atoms with Crippen molar-refractivity contribution in [2.45, 2.75) is 16.3 Å². The number of nitrogens with zero attached hydrogens (tertiary/aromatic N) is 2. The highest BCUT2D eigenvalue weighted by Crippen LogP contribution is 2.44. The van der Waals surface area contributed by atoms with Crippen LogP contribution in [0.25, 0.3) is 0 Å². The Morgan fingerprint density at radius 3 is 2.95 bits per heavy atom. The molecule has 98 valence electrons. The summed E-state index contributed by atoms with van der Waals surface area (Å²) >= 11 is 1.55. The number of hydrogen-bond acceptors (Lipinski definition) is 4. The second-order valence-electron chi connectivity index (χ2n) is 4.32. The molecule has 0 atom stereocenters. The molecule has 2 heterocycles. The van der Waals surface area contributed by atoms with E-state index in [1.807, 2.05) is 30.3 Å². The van der Waals surface area contributed by atoms with Crippen molar-refractivity contribution in [3.8, 4) is 6.07 Å². The predicted molar refractivity (Wildman–Crippen MR) is 79.5 cm³/mol. The van der Waals surface area contributed by atoms with Crippen LogP contribution in [0.4, 0.5) is 11.4 Å². The van der Waals surface area contributed by atoms with Crippen molar-refractivity contribution in [2.75, 3.05) is 5.32 Å². The summed E-state index contributed by atoms with van der Waals surface area (Å²) in [6.07, 6.45) is 3.41. The summed E-state index contributed by atoms with van der Waals surface area (Å²) in [4.78, 5) is 14.2. The van der Waals surface area contributed by atoms with Crippen LogP contribution in [0.15, 0.2) is 57.7 Å². The fourth-order valence-electron chi connectivity index (χ4n) is 2.13. The number of fused-ring (bicyclic) bond motifs is 2. The number of para-hydroxylation sites is 1. The van der Waals surface area contributed by atoms with E-state index in [9.17, 15) is 10.1 Å². The summed E-state index contributed by atoms with van der Waals surface area (Å²) in [5.74, 6) is 0. The first-order valence-electron chi connectivity index (χ1n) is 6.07. The maximum absolute atomic E-state index is 12.2. The lowest BCUT2D eigenvalue weighted by molar-refractivity contribution is 0.763. The fourth-order valence-corrected chi connectivity index (χ4v) is 3.18. The van der Waals surface area contributed by atoms with Crippen molar-refractivity contribution in [3.05, 3.63) is 59.0 Å². The lowest BCUT2D eigenvalue weighted by atomic mass is 10.2. The van der Waals surface area contributed by atoms with Crippen molar-refractivity contribution in [1.82, 2.24) is 4.57 Å². The van der Waals surface area contributed by atoms with Gasteiger partial charge < -0.3 is 9.88 Å². The average molecular weight is 281 g/mol. The second-order valence-corrected chi connectivity index (χ2v) is 5.41. The number of aromatic nitrogens is 1. The summed E-state index contributed by atoms with van der Waals surface area (Å²) in [7, 11) is 0. The maximum atomic E-state index is 12.2. The zero-order valence-electron chi connectivity index (χ0n) is 10.6. The third-order valence-electron chi connectivity index (χ3n) is 3.05. The van der Waals surface area contributed by atoms with Crippen LogP contribution in [-0.2, 0) is 6.54 Å². The fraction of sp³-hybridized carbons (Fsp3) is 0.0667. The van der Waals surface area contributed by atoms with E-state index in [2.05, 4.69) is 11.9 Å². The predicted octanol–water partition coefficient (Wildman–Crippen LogP) is 3.11. The molecule has 3 rings (SSSR count). The van der Waals surface area contributed by atoms with Crippen LogP contribution in [0.5, 0.6) is 0 Å². The Hall–Kier alpha value is -2.45. The Morgan fingerprint density at radius 1 is 1.40 bits per heavy atom. The molecule has 0 unspecified atom stereocenters. The first-order valence-corrected chi connectivity index (χ1v) is 6.88. The van der Waals surface area contributed by atoms with Crippen molar-refractivity contribution in [3.63, 3.8) is 0 Å². The Morgan fingerprint density at radius 2 is 2.20 bits per heavy atom. The van der Waals surface area contributed by atoms with E-state index < -0.39 is 0 Å². The molecule has 0 saturated carbocycles. The van der Waals surface area contributed by atoms with Gasteiger partial charge in [-0.2, -0.15) is 5.26 Å². The van der Waals surface area contributed by atoms with Gasteiger partial charge in [-0.1, -0.05) is 30.0 Å². The lowest BCUT2D eigenvalue weighted by Crippen LogP contribution is -2.24. The van der Waals surface area contributed by atoms with Gasteiger partial charge in [0.25, 0.3) is 5.56 Å². The van der Waals surface area contributed by atoms with E-state index in [1.165, 1.54) is 4.57 Å². The monoisotopic (exact) mass is 281 g/mol. The highest BCUT2D eigenvalue weighted by atomic mass is 32.2. The van der Waals surface area contributed by atoms with Crippen LogP contribution in [-0.4, -0.2) is 4.57 Å². The largest absolute Gasteiger partial charge is 0.352 e. The minimum absolute atomic E-state index is 0.145. The zero-order chi connectivity index (χ0) is 14.1. The number of pyridine rings is 1. The highest BCUT2D eigenvalue weighted by Gasteiger charge is 2.21. The number of hydrogen-bond donors (Lipinski definition) is 1. The van der Waals surface area contributed by atoms with E-state index in [1.54, 1.807) is 24.0 Å². The number of nitriles is 1. The topological polar surface area (TPSA) is 57.8 Å². The SMILES string of the molecule is C=CCn1cc2c(c(C#N)c1=O)Nc1ccccc1S2. The Bertz CT molecular complexity index is 802. The van der Waals surface area contributed by atoms with Gasteiger partial charge in [-0.3, -0.25) is 4.79 Å². The third kappa shape index (κ3) is 1.91. The van der Waals surface area contributed by atoms with E-state index >= 15 is 0 Å². The Labute approximate surface area is 120 Å². The Balaban J connectivity index is 2.21. The van der Waals surface area contributed by atoms with Crippen molar-refractivity contribution < 1.29 is 0 Å². The molecule has 0 spiro atoms. The van der Waals surface area contributed by atoms with Crippen molar-refractivity contribution >= 4 is 23.1 Å². The van der Waals surface area contributed by atoms with Gasteiger partial charge in [0.1, 0.15) is 11.6 Å². The van der Waals surface area contributed by atoms with Gasteiger partial charge in [-0.25, -0.2) is 0 Å². The molecule has 0 aliphatic carbocycles. The summed E-state index contributed by atoms with van der Waals surface area (Å²) in [6, 6.07) is 9.83. The molecule has 2 aromatic rings. The summed E-state index contributed by atoms with van der Waals surface area (Å²) in [5.41, 5.74) is 1.37. The third-order valence-corrected chi connectivity index (χ3v) is 4.15. The summed E-state index contributed by atoms with van der Waals surface area (Å²) < 4.78 is 1.51. The highest BCUT2D eigenvalue weighted by molar-refractivity contribution is 7.99. The number of rotatable bonds is 2. The zero-order valence-corrected chi connectivity index (χ0v) is 11.4. The average Bonchev–Trinajstić information content (AvgIpc) is 2.47. The van der Waals surface area contributed by atoms with Crippen molar-refractivity contribution in [2.24, 2.45) is 0 Å². The van der Waals surface area contributed by atoms with E-state index in [4.69, 9.17) is 0 Å². The molecular weight excluding hydrogens is 270 g/mol. The van der Waals surface area contributed by atoms with Gasteiger partial charge in [0.2, 0.25) is 0 Å². The second kappa shape index (κ2) is 4.91. The van der Waals surface area contributed by atoms with Gasteiger partial charge in [-0.15, -0.1) is 6.58 Å². The van der Waals surface area contributed by atoms with Crippen molar-refractivity contribution in [1.29, 1.82) is 5.26 Å². The van der Waals surface area contributed by atoms with Crippen LogP contribution in [0.3, 0.4) is 0 Å². The maximum Gasteiger partial charge on any atom is 0.270 e. The first-order chi connectivity index (χ1) is 9.74. The molecule has 0 fully saturated rings. The molecule has 0 amide bonds. The van der Waals surface area contributed by atoms with Gasteiger partial charge >= 0.3 is 0 Å². The molecule has 0 saturated heterocycles. The van der Waals surface area contributed by atoms with Gasteiger partial charge in [0.15, 0.2) is 0 Å². The number of anilines is 2. The summed E-state index contributed by atoms with van der Waals surface area (Å²) in [6.45, 7) is 4.03. The molecule has 1 aromatic heterocycles. The van der Waals surface area contributed by atoms with Crippen LogP contribution in [0.1, 0.15) is 5.56 Å². The Kier molecular flexibility index (Phi) is 3.09. The molecule has 4 nitrogen and oxygen atoms in total. The smallest absolute Gasteiger partial charge is 0.270 e. The molecule has 20 heavy (non-hydrogen) atoms. The van der Waals surface area contributed by atoms with E-state index in [0.717, 1.165) is 15.5 Å². The number of nitrogens with one attached hydrogen (secondary N) is 1. The van der Waals surface area contributed by atoms with E-state index in [-0.39, 0.29) is 11.1 Å². The molecule has 1 aliphatic rings. The normalized spacial score (nSPS) is 11.8. The molecule has 0 radical (unpaired) electrons. The molecule has 1 aliphatic heterocycles. The minimum atomic E-state index is -0.293. The van der Waals surface area contributed by atoms with Crippen LogP contribution < -0.4 is 10.9 Å². The molecule has 1 aromatic carbocycles. The standard InChI is InChI=1S/C15H11N3OS/c1-2-7-18-9-13-14(10(8-16)15(18)19)17-11-5-3-4-6-12(11)20-13/h2-6,9,17H,1,7H2. The van der Waals surface area contributed by atoms with Gasteiger partial charge in [-0.05, 0) is 12.1 Å². The van der Waals surface area contributed by atoms with Crippen LogP contribution in [0.2, 0.25) is 0 Å². The van der Waals surface area contributed by atoms with Crippen LogP contribution >= 0.6 is 11.8 Å². The lowest BCUT2D eigenvalue weighted by Gasteiger charge is -2.22. The molecular formula is C15H11N3OS. The minimum Gasteiger partial charge on any atom is -0.352 e. The van der Waals surface area contributed by atoms with Gasteiger partial charge in [0.05, 0.1) is 16.3 Å². The quantitative estimate of drug-likeness (QED) is 0.733. The summed E-state index contributed by atoms with van der Waals surface area (Å²) in [5, 5.41) is 12.5. The van der Waals surface area contributed by atoms with Gasteiger partial charge in [0, 0.05) is 17.6 Å². The first kappa shape index (κ1) is 12.6. The van der Waals surface area contributed by atoms with E-state index in [0.29, 0.717) is 12.2 Å². The number of benzene rings is 1. The molecule has 0 bridgehead atoms. The van der Waals surface area contributed by atoms with Crippen LogP contribution in [0, 0.1) is 11.3 Å².